The van der Waals surface area contributed by atoms with Crippen LogP contribution < -0.4 is 0 Å². The van der Waals surface area contributed by atoms with Crippen LogP contribution in [0.15, 0.2) is 12.1 Å². The van der Waals surface area contributed by atoms with Gasteiger partial charge in [-0.3, -0.25) is 0 Å². The minimum Gasteiger partial charge on any atom is -0.479 e. The van der Waals surface area contributed by atoms with Crippen LogP contribution in [0.5, 0.6) is 0 Å². The molecule has 8 nitrogen and oxygen atoms in total. The molecule has 1 heterocycles. The molecule has 0 aliphatic rings. The number of hydrogen-bond acceptors (Lipinski definition) is 7. The molecule has 0 aliphatic carbocycles. The van der Waals surface area contributed by atoms with Crippen molar-refractivity contribution in [2.24, 2.45) is 0 Å². The van der Waals surface area contributed by atoms with Gasteiger partial charge in [-0.1, -0.05) is 0 Å². The molecule has 2 rings (SSSR count). The molecule has 1 aromatic carbocycles. The molecule has 0 aliphatic heterocycles. The summed E-state index contributed by atoms with van der Waals surface area (Å²) in [5, 5.41) is 36.7. The molecule has 9 heteroatoms. The summed E-state index contributed by atoms with van der Waals surface area (Å²) in [6.07, 6.45) is -3.99. The number of aromatic nitrogens is 2. The first-order valence-electron chi connectivity index (χ1n) is 5.00. The second kappa shape index (κ2) is 4.88. The molecule has 0 bridgehead atoms. The minimum atomic E-state index is -2.12. The second-order valence-electron chi connectivity index (χ2n) is 3.73. The molecule has 19 heavy (non-hydrogen) atoms. The molecule has 0 radical (unpaired) electrons. The molecule has 2 atom stereocenters. The Morgan fingerprint density at radius 3 is 2.21 bits per heavy atom. The van der Waals surface area contributed by atoms with Gasteiger partial charge in [-0.2, -0.15) is 8.75 Å². The summed E-state index contributed by atoms with van der Waals surface area (Å²) in [6, 6.07) is 2.38. The van der Waals surface area contributed by atoms with E-state index in [0.29, 0.717) is 11.0 Å². The monoisotopic (exact) mass is 284 g/mol. The summed E-state index contributed by atoms with van der Waals surface area (Å²) in [6.45, 7) is 0. The largest absolute Gasteiger partial charge is 0.479 e. The zero-order chi connectivity index (χ0) is 14.2. The zero-order valence-electron chi connectivity index (χ0n) is 9.22. The van der Waals surface area contributed by atoms with Crippen LogP contribution in [0.3, 0.4) is 0 Å². The molecule has 1 aromatic heterocycles. The Balaban J connectivity index is 2.59. The van der Waals surface area contributed by atoms with E-state index in [1.165, 1.54) is 12.1 Å². The van der Waals surface area contributed by atoms with Gasteiger partial charge in [0.25, 0.3) is 0 Å². The van der Waals surface area contributed by atoms with E-state index in [0.717, 1.165) is 11.7 Å². The molecule has 0 unspecified atom stereocenters. The van der Waals surface area contributed by atoms with Crippen LogP contribution in [0.1, 0.15) is 22.0 Å². The highest BCUT2D eigenvalue weighted by atomic mass is 32.1. The molecule has 0 fully saturated rings. The maximum Gasteiger partial charge on any atom is 0.336 e. The Kier molecular flexibility index (Phi) is 3.42. The summed E-state index contributed by atoms with van der Waals surface area (Å²) < 4.78 is 7.71. The summed E-state index contributed by atoms with van der Waals surface area (Å²) in [5.41, 5.74) is 0.0976. The summed E-state index contributed by atoms with van der Waals surface area (Å²) in [4.78, 5) is 21.7. The number of carboxylic acids is 2. The zero-order valence-corrected chi connectivity index (χ0v) is 10.0. The number of carbonyl (C=O) groups is 2. The van der Waals surface area contributed by atoms with E-state index < -0.39 is 24.1 Å². The number of aliphatic hydroxyl groups excluding tert-OH is 2. The molecule has 0 saturated carbocycles. The highest BCUT2D eigenvalue weighted by molar-refractivity contribution is 7.00. The van der Waals surface area contributed by atoms with Crippen LogP contribution in [-0.4, -0.2) is 47.2 Å². The standard InChI is InChI=1S/C10H8N2O6S/c13-7(8(14)10(17)18)3-1-5-6(12-19-11-5)2-4(3)9(15)16/h1-2,7-8,13-14H,(H,15,16)(H,17,18)/t7-,8-/m1/s1. The van der Waals surface area contributed by atoms with Crippen LogP contribution >= 0.6 is 11.7 Å². The van der Waals surface area contributed by atoms with Crippen molar-refractivity contribution in [2.75, 3.05) is 0 Å². The van der Waals surface area contributed by atoms with E-state index in [-0.39, 0.29) is 11.1 Å². The van der Waals surface area contributed by atoms with Gasteiger partial charge in [0, 0.05) is 5.56 Å². The fraction of sp³-hybridized carbons (Fsp3) is 0.200. The lowest BCUT2D eigenvalue weighted by molar-refractivity contribution is -0.153. The third kappa shape index (κ3) is 2.38. The van der Waals surface area contributed by atoms with Gasteiger partial charge in [-0.25, -0.2) is 9.59 Å². The van der Waals surface area contributed by atoms with Gasteiger partial charge in [0.2, 0.25) is 0 Å². The predicted octanol–water partition coefficient (Wildman–Crippen LogP) is -0.132. The van der Waals surface area contributed by atoms with Crippen molar-refractivity contribution in [1.82, 2.24) is 8.75 Å². The van der Waals surface area contributed by atoms with Crippen LogP contribution in [0.2, 0.25) is 0 Å². The number of benzene rings is 1. The molecular weight excluding hydrogens is 276 g/mol. The Morgan fingerprint density at radius 1 is 1.11 bits per heavy atom. The molecular formula is C10H8N2O6S. The summed E-state index contributed by atoms with van der Waals surface area (Å²) in [5.74, 6) is -3.01. The van der Waals surface area contributed by atoms with E-state index in [4.69, 9.17) is 10.2 Å². The van der Waals surface area contributed by atoms with Crippen molar-refractivity contribution in [3.8, 4) is 0 Å². The highest BCUT2D eigenvalue weighted by Crippen LogP contribution is 2.26. The van der Waals surface area contributed by atoms with Gasteiger partial charge in [-0.15, -0.1) is 0 Å². The van der Waals surface area contributed by atoms with Crippen molar-refractivity contribution in [3.05, 3.63) is 23.3 Å². The minimum absolute atomic E-state index is 0.220. The van der Waals surface area contributed by atoms with E-state index in [1.54, 1.807) is 0 Å². The fourth-order valence-corrected chi connectivity index (χ4v) is 2.09. The van der Waals surface area contributed by atoms with Gasteiger partial charge in [-0.05, 0) is 12.1 Å². The predicted molar refractivity (Wildman–Crippen MR) is 63.0 cm³/mol. The molecule has 0 amide bonds. The van der Waals surface area contributed by atoms with Gasteiger partial charge in [0.05, 0.1) is 17.3 Å². The third-order valence-electron chi connectivity index (χ3n) is 2.53. The number of carboxylic acid groups (broad SMARTS) is 2. The van der Waals surface area contributed by atoms with Crippen molar-refractivity contribution >= 4 is 34.7 Å². The Bertz CT molecular complexity index is 655. The average molecular weight is 284 g/mol. The first-order chi connectivity index (χ1) is 8.91. The van der Waals surface area contributed by atoms with Crippen molar-refractivity contribution in [1.29, 1.82) is 0 Å². The molecule has 4 N–H and O–H groups in total. The van der Waals surface area contributed by atoms with Crippen LogP contribution in [0.4, 0.5) is 0 Å². The number of fused-ring (bicyclic) bond motifs is 1. The molecule has 2 aromatic rings. The normalized spacial score (nSPS) is 14.2. The van der Waals surface area contributed by atoms with Gasteiger partial charge < -0.3 is 20.4 Å². The van der Waals surface area contributed by atoms with E-state index in [2.05, 4.69) is 8.75 Å². The Hall–Kier alpha value is -2.10. The number of nitrogens with zero attached hydrogens (tertiary/aromatic N) is 2. The van der Waals surface area contributed by atoms with Crippen molar-refractivity contribution in [3.63, 3.8) is 0 Å². The van der Waals surface area contributed by atoms with Gasteiger partial charge in [0.15, 0.2) is 6.10 Å². The quantitative estimate of drug-likeness (QED) is 0.608. The molecule has 0 spiro atoms. The Labute approximate surface area is 109 Å². The van der Waals surface area contributed by atoms with Crippen LogP contribution in [0, 0.1) is 0 Å². The third-order valence-corrected chi connectivity index (χ3v) is 3.08. The van der Waals surface area contributed by atoms with Crippen LogP contribution in [0.25, 0.3) is 11.0 Å². The lowest BCUT2D eigenvalue weighted by Gasteiger charge is -2.16. The maximum atomic E-state index is 11.1. The summed E-state index contributed by atoms with van der Waals surface area (Å²) in [7, 11) is 0. The number of aliphatic carboxylic acids is 1. The second-order valence-corrected chi connectivity index (χ2v) is 4.25. The smallest absolute Gasteiger partial charge is 0.336 e. The van der Waals surface area contributed by atoms with Gasteiger partial charge >= 0.3 is 11.9 Å². The number of aromatic carboxylic acids is 1. The first kappa shape index (κ1) is 13.3. The average Bonchev–Trinajstić information content (AvgIpc) is 2.82. The van der Waals surface area contributed by atoms with Gasteiger partial charge in [0.1, 0.15) is 17.1 Å². The summed E-state index contributed by atoms with van der Waals surface area (Å²) >= 11 is 0.855. The SMILES string of the molecule is O=C(O)c1cc2nsnc2cc1[C@@H](O)[C@@H](O)C(=O)O. The molecule has 0 saturated heterocycles. The number of hydrogen-bond donors (Lipinski definition) is 4. The van der Waals surface area contributed by atoms with Crippen molar-refractivity contribution in [2.45, 2.75) is 12.2 Å². The molecule has 100 valence electrons. The van der Waals surface area contributed by atoms with Crippen LogP contribution in [-0.2, 0) is 4.79 Å². The fourth-order valence-electron chi connectivity index (χ4n) is 1.58. The van der Waals surface area contributed by atoms with E-state index >= 15 is 0 Å². The number of aliphatic hydroxyl groups is 2. The van der Waals surface area contributed by atoms with E-state index in [9.17, 15) is 19.8 Å². The van der Waals surface area contributed by atoms with E-state index in [1.807, 2.05) is 0 Å². The topological polar surface area (TPSA) is 141 Å². The number of rotatable bonds is 4. The Morgan fingerprint density at radius 2 is 1.68 bits per heavy atom. The lowest BCUT2D eigenvalue weighted by Crippen LogP contribution is -2.28. The highest BCUT2D eigenvalue weighted by Gasteiger charge is 2.29. The first-order valence-corrected chi connectivity index (χ1v) is 5.73. The lowest BCUT2D eigenvalue weighted by atomic mass is 9.97. The van der Waals surface area contributed by atoms with Crippen molar-refractivity contribution < 1.29 is 30.0 Å². The maximum absolute atomic E-state index is 11.1.